The van der Waals surface area contributed by atoms with E-state index in [-0.39, 0.29) is 6.04 Å². The second-order valence-corrected chi connectivity index (χ2v) is 5.71. The fraction of sp³-hybridized carbons (Fsp3) is 0.455. The van der Waals surface area contributed by atoms with Crippen molar-refractivity contribution in [1.82, 2.24) is 14.6 Å². The molecular weight excluding hydrogens is 236 g/mol. The van der Waals surface area contributed by atoms with Gasteiger partial charge in [-0.25, -0.2) is 4.52 Å². The quantitative estimate of drug-likeness (QED) is 0.888. The number of nitrogens with one attached hydrogen (secondary N) is 1. The fourth-order valence-electron chi connectivity index (χ4n) is 1.66. The molecule has 0 aliphatic rings. The SMILES string of the molecule is Cc1ccn2nc(NC(C)CS(C)=O)nc2c1. The number of aromatic nitrogens is 3. The normalized spacial score (nSPS) is 14.8. The van der Waals surface area contributed by atoms with Crippen LogP contribution in [0, 0.1) is 6.92 Å². The second kappa shape index (κ2) is 4.83. The molecule has 0 aliphatic heterocycles. The van der Waals surface area contributed by atoms with E-state index in [0.717, 1.165) is 11.2 Å². The van der Waals surface area contributed by atoms with Gasteiger partial charge in [0.1, 0.15) is 0 Å². The zero-order valence-electron chi connectivity index (χ0n) is 10.2. The molecule has 5 nitrogen and oxygen atoms in total. The predicted octanol–water partition coefficient (Wildman–Crippen LogP) is 1.22. The van der Waals surface area contributed by atoms with Gasteiger partial charge < -0.3 is 5.32 Å². The molecule has 0 aliphatic carbocycles. The van der Waals surface area contributed by atoms with Crippen molar-refractivity contribution in [3.8, 4) is 0 Å². The van der Waals surface area contributed by atoms with E-state index in [9.17, 15) is 4.21 Å². The molecule has 1 N–H and O–H groups in total. The predicted molar refractivity (Wildman–Crippen MR) is 69.7 cm³/mol. The van der Waals surface area contributed by atoms with Crippen LogP contribution in [-0.4, -0.2) is 36.9 Å². The monoisotopic (exact) mass is 252 g/mol. The van der Waals surface area contributed by atoms with E-state index in [1.54, 1.807) is 10.8 Å². The molecule has 2 aromatic heterocycles. The summed E-state index contributed by atoms with van der Waals surface area (Å²) in [5.74, 6) is 1.17. The Morgan fingerprint density at radius 3 is 3.06 bits per heavy atom. The van der Waals surface area contributed by atoms with E-state index >= 15 is 0 Å². The molecule has 2 atom stereocenters. The van der Waals surface area contributed by atoms with E-state index in [0.29, 0.717) is 11.7 Å². The maximum Gasteiger partial charge on any atom is 0.243 e. The van der Waals surface area contributed by atoms with Crippen LogP contribution in [0.2, 0.25) is 0 Å². The summed E-state index contributed by atoms with van der Waals surface area (Å²) in [6, 6.07) is 4.05. The molecule has 2 unspecified atom stereocenters. The lowest BCUT2D eigenvalue weighted by atomic mass is 10.3. The van der Waals surface area contributed by atoms with E-state index in [1.165, 1.54) is 0 Å². The van der Waals surface area contributed by atoms with Crippen molar-refractivity contribution < 1.29 is 4.21 Å². The first kappa shape index (κ1) is 12.0. The Labute approximate surface area is 103 Å². The molecule has 0 bridgehead atoms. The lowest BCUT2D eigenvalue weighted by Gasteiger charge is -2.09. The molecule has 2 heterocycles. The maximum absolute atomic E-state index is 11.1. The van der Waals surface area contributed by atoms with Gasteiger partial charge >= 0.3 is 0 Å². The molecule has 2 rings (SSSR count). The molecule has 17 heavy (non-hydrogen) atoms. The molecule has 0 saturated carbocycles. The average molecular weight is 252 g/mol. The van der Waals surface area contributed by atoms with Gasteiger partial charge in [-0.1, -0.05) is 0 Å². The summed E-state index contributed by atoms with van der Waals surface area (Å²) in [4.78, 5) is 4.36. The van der Waals surface area contributed by atoms with Crippen LogP contribution in [0.25, 0.3) is 5.65 Å². The van der Waals surface area contributed by atoms with Crippen molar-refractivity contribution in [1.29, 1.82) is 0 Å². The Bertz CT molecular complexity index is 551. The van der Waals surface area contributed by atoms with Gasteiger partial charge in [0.2, 0.25) is 5.95 Å². The Kier molecular flexibility index (Phi) is 3.42. The third-order valence-electron chi connectivity index (χ3n) is 2.35. The molecule has 0 radical (unpaired) electrons. The molecule has 0 amide bonds. The van der Waals surface area contributed by atoms with Gasteiger partial charge in [0.05, 0.1) is 0 Å². The van der Waals surface area contributed by atoms with E-state index in [2.05, 4.69) is 15.4 Å². The fourth-order valence-corrected chi connectivity index (χ4v) is 2.45. The number of anilines is 1. The summed E-state index contributed by atoms with van der Waals surface area (Å²) in [7, 11) is -0.816. The number of fused-ring (bicyclic) bond motifs is 1. The summed E-state index contributed by atoms with van der Waals surface area (Å²) < 4.78 is 12.8. The van der Waals surface area contributed by atoms with Gasteiger partial charge in [-0.3, -0.25) is 4.21 Å². The zero-order valence-corrected chi connectivity index (χ0v) is 11.0. The molecular formula is C11H16N4OS. The van der Waals surface area contributed by atoms with Crippen LogP contribution in [0.1, 0.15) is 12.5 Å². The lowest BCUT2D eigenvalue weighted by Crippen LogP contribution is -2.22. The van der Waals surface area contributed by atoms with Gasteiger partial charge in [0.25, 0.3) is 0 Å². The van der Waals surface area contributed by atoms with Crippen LogP contribution in [-0.2, 0) is 10.8 Å². The number of pyridine rings is 1. The Morgan fingerprint density at radius 1 is 1.59 bits per heavy atom. The van der Waals surface area contributed by atoms with Crippen LogP contribution in [0.3, 0.4) is 0 Å². The molecule has 0 spiro atoms. The van der Waals surface area contributed by atoms with Crippen LogP contribution < -0.4 is 5.32 Å². The van der Waals surface area contributed by atoms with Crippen LogP contribution in [0.15, 0.2) is 18.3 Å². The molecule has 6 heteroatoms. The first-order valence-electron chi connectivity index (χ1n) is 5.44. The summed E-state index contributed by atoms with van der Waals surface area (Å²) in [6.45, 7) is 3.99. The van der Waals surface area contributed by atoms with E-state index < -0.39 is 10.8 Å². The third kappa shape index (κ3) is 3.03. The average Bonchev–Trinajstić information content (AvgIpc) is 2.57. The Hall–Kier alpha value is -1.43. The first-order valence-corrected chi connectivity index (χ1v) is 7.17. The highest BCUT2D eigenvalue weighted by molar-refractivity contribution is 7.84. The van der Waals surface area contributed by atoms with Crippen LogP contribution >= 0.6 is 0 Å². The highest BCUT2D eigenvalue weighted by atomic mass is 32.2. The number of hydrogen-bond donors (Lipinski definition) is 1. The molecule has 92 valence electrons. The lowest BCUT2D eigenvalue weighted by molar-refractivity contribution is 0.682. The number of rotatable bonds is 4. The van der Waals surface area contributed by atoms with Crippen molar-refractivity contribution in [2.45, 2.75) is 19.9 Å². The third-order valence-corrected chi connectivity index (χ3v) is 3.32. The minimum Gasteiger partial charge on any atom is -0.350 e. The largest absolute Gasteiger partial charge is 0.350 e. The molecule has 0 aromatic carbocycles. The summed E-state index contributed by atoms with van der Waals surface area (Å²) in [5, 5.41) is 7.44. The minimum absolute atomic E-state index is 0.0966. The van der Waals surface area contributed by atoms with Gasteiger partial charge in [0.15, 0.2) is 5.65 Å². The number of aryl methyl sites for hydroxylation is 1. The number of hydrogen-bond acceptors (Lipinski definition) is 4. The molecule has 0 saturated heterocycles. The zero-order chi connectivity index (χ0) is 12.4. The summed E-state index contributed by atoms with van der Waals surface area (Å²) in [6.07, 6.45) is 3.57. The van der Waals surface area contributed by atoms with Gasteiger partial charge in [0, 0.05) is 35.0 Å². The first-order chi connectivity index (χ1) is 8.04. The number of nitrogens with zero attached hydrogens (tertiary/aromatic N) is 3. The summed E-state index contributed by atoms with van der Waals surface area (Å²) >= 11 is 0. The van der Waals surface area contributed by atoms with Crippen molar-refractivity contribution in [3.63, 3.8) is 0 Å². The van der Waals surface area contributed by atoms with Crippen LogP contribution in [0.4, 0.5) is 5.95 Å². The molecule has 2 aromatic rings. The van der Waals surface area contributed by atoms with Crippen molar-refractivity contribution >= 4 is 22.4 Å². The standard InChI is InChI=1S/C11H16N4OS/c1-8-4-5-15-10(6-8)13-11(14-15)12-9(2)7-17(3)16/h4-6,9H,7H2,1-3H3,(H,12,14). The van der Waals surface area contributed by atoms with Crippen molar-refractivity contribution in [3.05, 3.63) is 23.9 Å². The second-order valence-electron chi connectivity index (χ2n) is 4.23. The van der Waals surface area contributed by atoms with E-state index in [1.807, 2.05) is 32.2 Å². The Balaban J connectivity index is 2.16. The summed E-state index contributed by atoms with van der Waals surface area (Å²) in [5.41, 5.74) is 1.97. The highest BCUT2D eigenvalue weighted by Crippen LogP contribution is 2.08. The minimum atomic E-state index is -0.816. The molecule has 0 fully saturated rings. The van der Waals surface area contributed by atoms with Crippen LogP contribution in [0.5, 0.6) is 0 Å². The van der Waals surface area contributed by atoms with Gasteiger partial charge in [-0.15, -0.1) is 5.10 Å². The highest BCUT2D eigenvalue weighted by Gasteiger charge is 2.08. The van der Waals surface area contributed by atoms with Crippen molar-refractivity contribution in [2.75, 3.05) is 17.3 Å². The maximum atomic E-state index is 11.1. The van der Waals surface area contributed by atoms with Crippen molar-refractivity contribution in [2.24, 2.45) is 0 Å². The Morgan fingerprint density at radius 2 is 2.35 bits per heavy atom. The smallest absolute Gasteiger partial charge is 0.243 e. The van der Waals surface area contributed by atoms with Gasteiger partial charge in [-0.05, 0) is 31.5 Å². The van der Waals surface area contributed by atoms with Gasteiger partial charge in [-0.2, -0.15) is 4.98 Å². The van der Waals surface area contributed by atoms with E-state index in [4.69, 9.17) is 0 Å². The topological polar surface area (TPSA) is 59.3 Å².